The first-order chi connectivity index (χ1) is 8.11. The minimum Gasteiger partial charge on any atom is -0.388 e. The maximum atomic E-state index is 10.2. The first kappa shape index (κ1) is 12.1. The zero-order valence-corrected chi connectivity index (χ0v) is 10.5. The van der Waals surface area contributed by atoms with Crippen LogP contribution in [-0.2, 0) is 0 Å². The highest BCUT2D eigenvalue weighted by molar-refractivity contribution is 5.47. The minimum absolute atomic E-state index is 0.557. The van der Waals surface area contributed by atoms with Crippen molar-refractivity contribution in [1.82, 2.24) is 9.97 Å². The highest BCUT2D eigenvalue weighted by Gasteiger charge is 2.30. The number of nitrogens with zero attached hydrogens (tertiary/aromatic N) is 2. The molecule has 1 aliphatic carbocycles. The summed E-state index contributed by atoms with van der Waals surface area (Å²) in [6, 6.07) is 1.85. The van der Waals surface area contributed by atoms with E-state index in [1.807, 2.05) is 20.0 Å². The molecule has 0 atom stereocenters. The highest BCUT2D eigenvalue weighted by atomic mass is 16.3. The minimum atomic E-state index is -0.557. The molecule has 0 radical (unpaired) electrons. The molecule has 0 bridgehead atoms. The molecule has 1 fully saturated rings. The molecule has 1 heterocycles. The summed E-state index contributed by atoms with van der Waals surface area (Å²) in [4.78, 5) is 8.53. The lowest BCUT2D eigenvalue weighted by Crippen LogP contribution is -2.33. The summed E-state index contributed by atoms with van der Waals surface area (Å²) in [7, 11) is 1.83. The lowest BCUT2D eigenvalue weighted by atomic mass is 10.0. The number of hydrogen-bond acceptors (Lipinski definition) is 5. The van der Waals surface area contributed by atoms with E-state index < -0.39 is 5.60 Å². The van der Waals surface area contributed by atoms with Gasteiger partial charge in [-0.3, -0.25) is 0 Å². The Bertz CT molecular complexity index is 388. The van der Waals surface area contributed by atoms with Crippen LogP contribution < -0.4 is 10.6 Å². The first-order valence-electron chi connectivity index (χ1n) is 6.11. The molecule has 1 aliphatic rings. The van der Waals surface area contributed by atoms with E-state index in [4.69, 9.17) is 0 Å². The average Bonchev–Trinajstić information content (AvgIpc) is 2.73. The summed E-state index contributed by atoms with van der Waals surface area (Å²) < 4.78 is 0. The van der Waals surface area contributed by atoms with Crippen LogP contribution in [0.2, 0.25) is 0 Å². The summed E-state index contributed by atoms with van der Waals surface area (Å²) in [6.45, 7) is 2.42. The van der Waals surface area contributed by atoms with Crippen molar-refractivity contribution < 1.29 is 5.11 Å². The van der Waals surface area contributed by atoms with Crippen LogP contribution in [0.25, 0.3) is 0 Å². The van der Waals surface area contributed by atoms with Crippen molar-refractivity contribution in [2.45, 2.75) is 38.2 Å². The van der Waals surface area contributed by atoms with Gasteiger partial charge in [-0.25, -0.2) is 9.97 Å². The molecule has 1 saturated carbocycles. The lowest BCUT2D eigenvalue weighted by Gasteiger charge is -2.22. The van der Waals surface area contributed by atoms with Crippen LogP contribution in [0.5, 0.6) is 0 Å². The SMILES string of the molecule is CNc1cc(NCC2(O)CCCC2)nc(C)n1. The summed E-state index contributed by atoms with van der Waals surface area (Å²) in [5.41, 5.74) is -0.557. The fourth-order valence-corrected chi connectivity index (χ4v) is 2.25. The van der Waals surface area contributed by atoms with Gasteiger partial charge in [0.1, 0.15) is 17.5 Å². The second kappa shape index (κ2) is 4.87. The first-order valence-corrected chi connectivity index (χ1v) is 6.11. The summed E-state index contributed by atoms with van der Waals surface area (Å²) in [5, 5.41) is 16.4. The fraction of sp³-hybridized carbons (Fsp3) is 0.667. The molecule has 94 valence electrons. The molecule has 1 aromatic heterocycles. The molecule has 0 aromatic carbocycles. The largest absolute Gasteiger partial charge is 0.388 e. The second-order valence-corrected chi connectivity index (χ2v) is 4.72. The fourth-order valence-electron chi connectivity index (χ4n) is 2.25. The van der Waals surface area contributed by atoms with Crippen molar-refractivity contribution in [1.29, 1.82) is 0 Å². The number of nitrogens with one attached hydrogen (secondary N) is 2. The van der Waals surface area contributed by atoms with Gasteiger partial charge in [0, 0.05) is 19.7 Å². The van der Waals surface area contributed by atoms with Crippen molar-refractivity contribution >= 4 is 11.6 Å². The zero-order valence-electron chi connectivity index (χ0n) is 10.5. The van der Waals surface area contributed by atoms with E-state index >= 15 is 0 Å². The number of rotatable bonds is 4. The average molecular weight is 236 g/mol. The predicted octanol–water partition coefficient (Wildman–Crippen LogP) is 1.54. The maximum absolute atomic E-state index is 10.2. The van der Waals surface area contributed by atoms with Crippen LogP contribution in [0, 0.1) is 6.92 Å². The van der Waals surface area contributed by atoms with Crippen LogP contribution >= 0.6 is 0 Å². The van der Waals surface area contributed by atoms with Gasteiger partial charge in [0.2, 0.25) is 0 Å². The van der Waals surface area contributed by atoms with E-state index in [2.05, 4.69) is 20.6 Å². The van der Waals surface area contributed by atoms with Gasteiger partial charge < -0.3 is 15.7 Å². The van der Waals surface area contributed by atoms with E-state index in [0.717, 1.165) is 43.1 Å². The van der Waals surface area contributed by atoms with Crippen LogP contribution in [-0.4, -0.2) is 34.3 Å². The van der Waals surface area contributed by atoms with E-state index in [1.54, 1.807) is 0 Å². The van der Waals surface area contributed by atoms with E-state index in [9.17, 15) is 5.11 Å². The molecule has 5 heteroatoms. The van der Waals surface area contributed by atoms with Crippen molar-refractivity contribution in [3.8, 4) is 0 Å². The number of hydrogen-bond donors (Lipinski definition) is 3. The van der Waals surface area contributed by atoms with Crippen molar-refractivity contribution in [2.24, 2.45) is 0 Å². The third-order valence-corrected chi connectivity index (χ3v) is 3.23. The normalized spacial score (nSPS) is 18.1. The van der Waals surface area contributed by atoms with Gasteiger partial charge in [0.05, 0.1) is 5.60 Å². The van der Waals surface area contributed by atoms with E-state index in [-0.39, 0.29) is 0 Å². The van der Waals surface area contributed by atoms with Crippen molar-refractivity contribution in [3.05, 3.63) is 11.9 Å². The van der Waals surface area contributed by atoms with Crippen LogP contribution in [0.3, 0.4) is 0 Å². The Kier molecular flexibility index (Phi) is 3.47. The Morgan fingerprint density at radius 3 is 2.59 bits per heavy atom. The second-order valence-electron chi connectivity index (χ2n) is 4.72. The predicted molar refractivity (Wildman–Crippen MR) is 68.2 cm³/mol. The third kappa shape index (κ3) is 3.06. The van der Waals surface area contributed by atoms with Crippen LogP contribution in [0.15, 0.2) is 6.07 Å². The Morgan fingerprint density at radius 1 is 1.29 bits per heavy atom. The van der Waals surface area contributed by atoms with Gasteiger partial charge in [0.15, 0.2) is 0 Å². The summed E-state index contributed by atoms with van der Waals surface area (Å²) >= 11 is 0. The molecule has 0 spiro atoms. The van der Waals surface area contributed by atoms with Gasteiger partial charge in [-0.2, -0.15) is 0 Å². The Morgan fingerprint density at radius 2 is 1.94 bits per heavy atom. The van der Waals surface area contributed by atoms with Crippen LogP contribution in [0.4, 0.5) is 11.6 Å². The monoisotopic (exact) mass is 236 g/mol. The molecule has 5 nitrogen and oxygen atoms in total. The Labute approximate surface area is 102 Å². The quantitative estimate of drug-likeness (QED) is 0.740. The molecule has 0 unspecified atom stereocenters. The summed E-state index contributed by atoms with van der Waals surface area (Å²) in [5.74, 6) is 2.28. The lowest BCUT2D eigenvalue weighted by molar-refractivity contribution is 0.0614. The van der Waals surface area contributed by atoms with Crippen LogP contribution in [0.1, 0.15) is 31.5 Å². The van der Waals surface area contributed by atoms with E-state index in [1.165, 1.54) is 0 Å². The van der Waals surface area contributed by atoms with Crippen molar-refractivity contribution in [2.75, 3.05) is 24.2 Å². The Hall–Kier alpha value is -1.36. The molecule has 2 rings (SSSR count). The molecule has 0 saturated heterocycles. The molecular formula is C12H20N4O. The zero-order chi connectivity index (χ0) is 12.3. The van der Waals surface area contributed by atoms with Crippen molar-refractivity contribution in [3.63, 3.8) is 0 Å². The van der Waals surface area contributed by atoms with Gasteiger partial charge in [-0.05, 0) is 19.8 Å². The van der Waals surface area contributed by atoms with E-state index in [0.29, 0.717) is 6.54 Å². The molecule has 1 aromatic rings. The third-order valence-electron chi connectivity index (χ3n) is 3.23. The molecular weight excluding hydrogens is 216 g/mol. The topological polar surface area (TPSA) is 70.1 Å². The number of aliphatic hydroxyl groups is 1. The molecule has 0 aliphatic heterocycles. The standard InChI is InChI=1S/C12H20N4O/c1-9-15-10(13-2)7-11(16-9)14-8-12(17)5-3-4-6-12/h7,17H,3-6,8H2,1-2H3,(H2,13,14,15,16). The Balaban J connectivity index is 2.00. The molecule has 0 amide bonds. The van der Waals surface area contributed by atoms with Gasteiger partial charge in [-0.15, -0.1) is 0 Å². The maximum Gasteiger partial charge on any atom is 0.131 e. The number of aromatic nitrogens is 2. The number of anilines is 2. The van der Waals surface area contributed by atoms with Gasteiger partial charge >= 0.3 is 0 Å². The smallest absolute Gasteiger partial charge is 0.131 e. The molecule has 3 N–H and O–H groups in total. The van der Waals surface area contributed by atoms with Gasteiger partial charge in [-0.1, -0.05) is 12.8 Å². The number of aryl methyl sites for hydroxylation is 1. The molecule has 17 heavy (non-hydrogen) atoms. The highest BCUT2D eigenvalue weighted by Crippen LogP contribution is 2.29. The summed E-state index contributed by atoms with van der Waals surface area (Å²) in [6.07, 6.45) is 3.98. The van der Waals surface area contributed by atoms with Gasteiger partial charge in [0.25, 0.3) is 0 Å².